The maximum Gasteiger partial charge on any atom is 0.410 e. The molecule has 0 radical (unpaired) electrons. The second-order valence-electron chi connectivity index (χ2n) is 14.3. The minimum absolute atomic E-state index is 0.0901. The van der Waals surface area contributed by atoms with Crippen LogP contribution in [-0.4, -0.2) is 107 Å². The molecule has 0 spiro atoms. The number of pyridine rings is 1. The van der Waals surface area contributed by atoms with Gasteiger partial charge in [-0.2, -0.15) is 0 Å². The second-order valence-corrected chi connectivity index (χ2v) is 14.3. The number of nitrogens with one attached hydrogen (secondary N) is 2. The van der Waals surface area contributed by atoms with Gasteiger partial charge in [0.25, 0.3) is 11.8 Å². The van der Waals surface area contributed by atoms with Crippen LogP contribution in [0.25, 0.3) is 0 Å². The van der Waals surface area contributed by atoms with Crippen molar-refractivity contribution in [1.82, 2.24) is 25.4 Å². The quantitative estimate of drug-likeness (QED) is 0.181. The minimum atomic E-state index is -1.58. The van der Waals surface area contributed by atoms with Crippen LogP contribution < -0.4 is 22.1 Å². The lowest BCUT2D eigenvalue weighted by Crippen LogP contribution is -2.59. The molecule has 6 rings (SSSR count). The SMILES string of the molecule is NCc1cccc(C(=O)NC2CCN(C(=O)C(O)[C@H]3OCC[C@@H](OC(=O)N4CCC(C(=O)NCc5ccc(N)nc5)CC4)[C@@H]3OCc3ccccc3)CC2)c1. The molecule has 4 atom stereocenters. The molecule has 0 saturated carbocycles. The molecule has 4 amide bonds. The number of rotatable bonds is 12. The van der Waals surface area contributed by atoms with Crippen LogP contribution in [0.2, 0.25) is 0 Å². The van der Waals surface area contributed by atoms with Crippen LogP contribution in [-0.2, 0) is 43.5 Å². The highest BCUT2D eigenvalue weighted by Crippen LogP contribution is 2.28. The molecule has 1 aromatic heterocycles. The Morgan fingerprint density at radius 2 is 1.62 bits per heavy atom. The Morgan fingerprint density at radius 1 is 0.891 bits per heavy atom. The number of ether oxygens (including phenoxy) is 3. The maximum absolute atomic E-state index is 13.7. The Kier molecular flexibility index (Phi) is 13.7. The molecule has 55 heavy (non-hydrogen) atoms. The standard InChI is InChI=1S/C40H51N7O8/c41-22-27-7-4-8-30(21-27)38(50)45-31-13-18-46(19-14-31)39(51)34(48)36-35(54-25-26-5-2-1-3-6-26)32(15-20-53-36)55-40(52)47-16-11-29(12-17-47)37(49)44-24-28-9-10-33(42)43-23-28/h1-10,21,23,29,31-32,34-36,48H,11-20,22,24-25,41H2,(H2,42,43)(H,44,49)(H,45,50)/t32-,34?,35+,36-/m1/s1. The van der Waals surface area contributed by atoms with Crippen molar-refractivity contribution in [1.29, 1.82) is 0 Å². The molecule has 3 saturated heterocycles. The third kappa shape index (κ3) is 10.6. The van der Waals surface area contributed by atoms with Gasteiger partial charge in [0.05, 0.1) is 13.2 Å². The van der Waals surface area contributed by atoms with Crippen molar-refractivity contribution >= 4 is 29.6 Å². The number of anilines is 1. The van der Waals surface area contributed by atoms with E-state index in [1.54, 1.807) is 40.3 Å². The first-order valence-electron chi connectivity index (χ1n) is 19.0. The number of nitrogens with two attached hydrogens (primary N) is 2. The van der Waals surface area contributed by atoms with E-state index in [9.17, 15) is 24.3 Å². The van der Waals surface area contributed by atoms with Gasteiger partial charge in [-0.1, -0.05) is 48.5 Å². The van der Waals surface area contributed by atoms with Crippen molar-refractivity contribution in [3.63, 3.8) is 0 Å². The summed E-state index contributed by atoms with van der Waals surface area (Å²) in [5.41, 5.74) is 14.5. The van der Waals surface area contributed by atoms with E-state index in [0.717, 1.165) is 16.7 Å². The van der Waals surface area contributed by atoms with Gasteiger partial charge in [-0.25, -0.2) is 9.78 Å². The molecule has 3 aliphatic heterocycles. The van der Waals surface area contributed by atoms with Gasteiger partial charge >= 0.3 is 6.09 Å². The van der Waals surface area contributed by atoms with Crippen LogP contribution in [0.4, 0.5) is 10.6 Å². The van der Waals surface area contributed by atoms with Gasteiger partial charge in [-0.05, 0) is 60.6 Å². The lowest BCUT2D eigenvalue weighted by molar-refractivity contribution is -0.200. The number of hydrogen-bond acceptors (Lipinski definition) is 11. The van der Waals surface area contributed by atoms with Crippen LogP contribution in [0, 0.1) is 5.92 Å². The first-order chi connectivity index (χ1) is 26.7. The molecule has 0 bridgehead atoms. The topological polar surface area (TPSA) is 212 Å². The van der Waals surface area contributed by atoms with Crippen LogP contribution in [0.15, 0.2) is 72.9 Å². The molecule has 3 aliphatic rings. The number of aliphatic hydroxyl groups excluding tert-OH is 1. The first kappa shape index (κ1) is 39.6. The molecule has 0 aliphatic carbocycles. The van der Waals surface area contributed by atoms with Crippen LogP contribution >= 0.6 is 0 Å². The number of carbonyl (C=O) groups is 4. The van der Waals surface area contributed by atoms with E-state index in [0.29, 0.717) is 82.8 Å². The molecular weight excluding hydrogens is 706 g/mol. The summed E-state index contributed by atoms with van der Waals surface area (Å²) in [5, 5.41) is 17.5. The summed E-state index contributed by atoms with van der Waals surface area (Å²) in [6, 6.07) is 20.0. The highest BCUT2D eigenvalue weighted by atomic mass is 16.6. The van der Waals surface area contributed by atoms with Crippen molar-refractivity contribution in [2.75, 3.05) is 38.5 Å². The zero-order chi connectivity index (χ0) is 38.7. The van der Waals surface area contributed by atoms with Gasteiger partial charge in [0.15, 0.2) is 6.10 Å². The van der Waals surface area contributed by atoms with E-state index in [2.05, 4.69) is 15.6 Å². The predicted molar refractivity (Wildman–Crippen MR) is 202 cm³/mol. The highest BCUT2D eigenvalue weighted by Gasteiger charge is 2.46. The van der Waals surface area contributed by atoms with E-state index < -0.39 is 36.4 Å². The van der Waals surface area contributed by atoms with Crippen LogP contribution in [0.1, 0.15) is 59.2 Å². The highest BCUT2D eigenvalue weighted by molar-refractivity contribution is 5.94. The Labute approximate surface area is 320 Å². The summed E-state index contributed by atoms with van der Waals surface area (Å²) in [6.45, 7) is 2.28. The molecule has 294 valence electrons. The zero-order valence-electron chi connectivity index (χ0n) is 30.9. The van der Waals surface area contributed by atoms with E-state index >= 15 is 0 Å². The van der Waals surface area contributed by atoms with Crippen molar-refractivity contribution in [3.8, 4) is 0 Å². The number of aromatic nitrogens is 1. The third-order valence-corrected chi connectivity index (χ3v) is 10.5. The third-order valence-electron chi connectivity index (χ3n) is 10.5. The number of hydrogen-bond donors (Lipinski definition) is 5. The van der Waals surface area contributed by atoms with Crippen molar-refractivity contribution in [2.45, 2.75) is 82.3 Å². The summed E-state index contributed by atoms with van der Waals surface area (Å²) in [6.07, 6.45) is -1.07. The smallest absolute Gasteiger partial charge is 0.410 e. The van der Waals surface area contributed by atoms with E-state index in [4.69, 9.17) is 25.7 Å². The van der Waals surface area contributed by atoms with Gasteiger partial charge in [-0.15, -0.1) is 0 Å². The number of aliphatic hydroxyl groups is 1. The van der Waals surface area contributed by atoms with Crippen molar-refractivity contribution < 1.29 is 38.5 Å². The molecule has 3 fully saturated rings. The lowest BCUT2D eigenvalue weighted by atomic mass is 9.95. The van der Waals surface area contributed by atoms with Gasteiger partial charge in [0.1, 0.15) is 24.1 Å². The number of benzene rings is 2. The fourth-order valence-electron chi connectivity index (χ4n) is 7.24. The summed E-state index contributed by atoms with van der Waals surface area (Å²) in [7, 11) is 0. The summed E-state index contributed by atoms with van der Waals surface area (Å²) >= 11 is 0. The fraction of sp³-hybridized carbons (Fsp3) is 0.475. The van der Waals surface area contributed by atoms with Crippen LogP contribution in [0.5, 0.6) is 0 Å². The average molecular weight is 758 g/mol. The number of nitrogen functional groups attached to an aromatic ring is 1. The number of likely N-dealkylation sites (tertiary alicyclic amines) is 2. The maximum atomic E-state index is 13.7. The van der Waals surface area contributed by atoms with E-state index in [1.165, 1.54) is 0 Å². The number of piperidine rings is 2. The minimum Gasteiger partial charge on any atom is -0.443 e. The Bertz CT molecular complexity index is 1750. The number of amides is 4. The Morgan fingerprint density at radius 3 is 2.33 bits per heavy atom. The largest absolute Gasteiger partial charge is 0.443 e. The first-order valence-corrected chi connectivity index (χ1v) is 19.0. The lowest BCUT2D eigenvalue weighted by Gasteiger charge is -2.41. The number of carbonyl (C=O) groups excluding carboxylic acids is 4. The van der Waals surface area contributed by atoms with Gasteiger partial charge in [-0.3, -0.25) is 14.4 Å². The van der Waals surface area contributed by atoms with Gasteiger partial charge < -0.3 is 51.2 Å². The predicted octanol–water partition coefficient (Wildman–Crippen LogP) is 2.11. The van der Waals surface area contributed by atoms with Crippen LogP contribution in [0.3, 0.4) is 0 Å². The molecule has 15 heteroatoms. The summed E-state index contributed by atoms with van der Waals surface area (Å²) < 4.78 is 18.3. The van der Waals surface area contributed by atoms with E-state index in [-0.39, 0.29) is 37.0 Å². The number of nitrogens with zero attached hydrogens (tertiary/aromatic N) is 3. The summed E-state index contributed by atoms with van der Waals surface area (Å²) in [4.78, 5) is 60.2. The molecule has 1 unspecified atom stereocenters. The van der Waals surface area contributed by atoms with Crippen molar-refractivity contribution in [2.24, 2.45) is 11.7 Å². The van der Waals surface area contributed by atoms with Gasteiger partial charge in [0.2, 0.25) is 5.91 Å². The average Bonchev–Trinajstić information content (AvgIpc) is 3.23. The molecular formula is C40H51N7O8. The molecule has 7 N–H and O–H groups in total. The molecule has 15 nitrogen and oxygen atoms in total. The molecule has 4 heterocycles. The zero-order valence-corrected chi connectivity index (χ0v) is 30.9. The second kappa shape index (κ2) is 19.0. The fourth-order valence-corrected chi connectivity index (χ4v) is 7.24. The molecule has 3 aromatic rings. The normalized spacial score (nSPS) is 21.4. The van der Waals surface area contributed by atoms with E-state index in [1.807, 2.05) is 42.5 Å². The summed E-state index contributed by atoms with van der Waals surface area (Å²) in [5.74, 6) is -0.651. The Balaban J connectivity index is 1.03. The monoisotopic (exact) mass is 757 g/mol. The molecule has 2 aromatic carbocycles. The van der Waals surface area contributed by atoms with Crippen molar-refractivity contribution in [3.05, 3.63) is 95.2 Å². The Hall–Kier alpha value is -5.09. The van der Waals surface area contributed by atoms with Gasteiger partial charge in [0, 0.05) is 69.4 Å².